The maximum Gasteiger partial charge on any atom is 0.270 e. The number of rotatable bonds is 3. The van der Waals surface area contributed by atoms with Gasteiger partial charge < -0.3 is 0 Å². The van der Waals surface area contributed by atoms with Gasteiger partial charge in [-0.15, -0.1) is 0 Å². The van der Waals surface area contributed by atoms with Crippen molar-refractivity contribution in [3.05, 3.63) is 33.0 Å². The highest BCUT2D eigenvalue weighted by Crippen LogP contribution is 2.21. The number of pyridine rings is 1. The molecule has 0 saturated heterocycles. The first-order valence-electron chi connectivity index (χ1n) is 6.03. The number of nitrogens with zero attached hydrogens (tertiary/aromatic N) is 3. The molecule has 10 heteroatoms. The van der Waals surface area contributed by atoms with Gasteiger partial charge in [0, 0.05) is 0 Å². The van der Waals surface area contributed by atoms with Crippen LogP contribution >= 0.6 is 0 Å². The van der Waals surface area contributed by atoms with Gasteiger partial charge in [0.1, 0.15) is 19.0 Å². The van der Waals surface area contributed by atoms with Crippen molar-refractivity contribution < 1.29 is 12.6 Å². The van der Waals surface area contributed by atoms with Crippen LogP contribution in [-0.4, -0.2) is 43.2 Å². The summed E-state index contributed by atoms with van der Waals surface area (Å²) in [6, 6.07) is 0.763. The Balaban J connectivity index is 2.20. The Kier molecular flexibility index (Phi) is 3.03. The third-order valence-electron chi connectivity index (χ3n) is 3.28. The monoisotopic (exact) mass is 307 g/mol. The predicted molar refractivity (Wildman–Crippen MR) is 75.5 cm³/mol. The first-order valence-corrected chi connectivity index (χ1v) is 7.84. The van der Waals surface area contributed by atoms with Crippen LogP contribution in [0.2, 0.25) is 0 Å². The van der Waals surface area contributed by atoms with Crippen molar-refractivity contribution in [2.75, 3.05) is 12.9 Å². The standard InChI is InChI=1S/C11H10BN3O5S/c1-21(18,19)20-5-6-4-14-9(16)3-13-8-2-7(12)11(17)15(6)10(8)14/h2-3,6H,4-5H2,1H3/t6-/m0/s1. The van der Waals surface area contributed by atoms with E-state index >= 15 is 0 Å². The molecule has 0 amide bonds. The molecule has 0 unspecified atom stereocenters. The molecule has 1 aliphatic heterocycles. The van der Waals surface area contributed by atoms with Crippen LogP contribution in [-0.2, 0) is 20.8 Å². The summed E-state index contributed by atoms with van der Waals surface area (Å²) in [5.74, 6) is 0. The van der Waals surface area contributed by atoms with E-state index in [0.29, 0.717) is 11.2 Å². The predicted octanol–water partition coefficient (Wildman–Crippen LogP) is -2.12. The molecule has 3 heterocycles. The van der Waals surface area contributed by atoms with Gasteiger partial charge in [0.15, 0.2) is 0 Å². The van der Waals surface area contributed by atoms with E-state index in [-0.39, 0.29) is 24.2 Å². The SMILES string of the molecule is [B]c1cc2ncc(=O)n3c2n(c1=O)[C@H](COS(C)(=O)=O)C3. The molecule has 0 fully saturated rings. The lowest BCUT2D eigenvalue weighted by Crippen LogP contribution is -2.36. The second-order valence-electron chi connectivity index (χ2n) is 4.83. The van der Waals surface area contributed by atoms with Gasteiger partial charge in [-0.05, 0) is 11.5 Å². The number of hydrogen-bond donors (Lipinski definition) is 0. The summed E-state index contributed by atoms with van der Waals surface area (Å²) >= 11 is 0. The van der Waals surface area contributed by atoms with Crippen LogP contribution < -0.4 is 16.6 Å². The van der Waals surface area contributed by atoms with E-state index in [1.54, 1.807) is 0 Å². The fourth-order valence-electron chi connectivity index (χ4n) is 2.43. The third kappa shape index (κ3) is 2.30. The molecule has 0 bridgehead atoms. The molecule has 2 aromatic rings. The Morgan fingerprint density at radius 1 is 1.48 bits per heavy atom. The van der Waals surface area contributed by atoms with Crippen molar-refractivity contribution in [3.8, 4) is 0 Å². The highest BCUT2D eigenvalue weighted by atomic mass is 32.2. The molecule has 3 rings (SSSR count). The number of hydrogen-bond acceptors (Lipinski definition) is 6. The summed E-state index contributed by atoms with van der Waals surface area (Å²) < 4.78 is 29.6. The quantitative estimate of drug-likeness (QED) is 0.475. The molecule has 0 aliphatic carbocycles. The van der Waals surface area contributed by atoms with Gasteiger partial charge in [-0.25, -0.2) is 4.98 Å². The summed E-state index contributed by atoms with van der Waals surface area (Å²) in [5, 5.41) is 0. The second kappa shape index (κ2) is 4.53. The van der Waals surface area contributed by atoms with Crippen LogP contribution in [0.1, 0.15) is 6.04 Å². The summed E-state index contributed by atoms with van der Waals surface area (Å²) in [6.07, 6.45) is 2.05. The zero-order chi connectivity index (χ0) is 15.4. The molecule has 0 spiro atoms. The summed E-state index contributed by atoms with van der Waals surface area (Å²) in [4.78, 5) is 28.0. The average molecular weight is 307 g/mol. The van der Waals surface area contributed by atoms with Gasteiger partial charge >= 0.3 is 0 Å². The largest absolute Gasteiger partial charge is 0.289 e. The van der Waals surface area contributed by atoms with Gasteiger partial charge in [-0.3, -0.25) is 22.9 Å². The Labute approximate surface area is 120 Å². The minimum Gasteiger partial charge on any atom is -0.289 e. The molecule has 2 aromatic heterocycles. The van der Waals surface area contributed by atoms with E-state index in [2.05, 4.69) is 4.98 Å². The third-order valence-corrected chi connectivity index (χ3v) is 3.85. The van der Waals surface area contributed by atoms with Gasteiger partial charge in [-0.1, -0.05) is 0 Å². The molecule has 0 N–H and O–H groups in total. The molecular formula is C11H10BN3O5S. The summed E-state index contributed by atoms with van der Waals surface area (Å²) in [7, 11) is 2.00. The molecule has 1 aliphatic rings. The van der Waals surface area contributed by atoms with Crippen molar-refractivity contribution in [3.63, 3.8) is 0 Å². The van der Waals surface area contributed by atoms with E-state index in [1.165, 1.54) is 15.2 Å². The van der Waals surface area contributed by atoms with Gasteiger partial charge in [0.25, 0.3) is 15.7 Å². The molecule has 21 heavy (non-hydrogen) atoms. The Hall–Kier alpha value is -1.94. The van der Waals surface area contributed by atoms with E-state index in [1.807, 2.05) is 0 Å². The Morgan fingerprint density at radius 3 is 2.86 bits per heavy atom. The highest BCUT2D eigenvalue weighted by Gasteiger charge is 2.28. The summed E-state index contributed by atoms with van der Waals surface area (Å²) in [6.45, 7) is -0.121. The van der Waals surface area contributed by atoms with Crippen LogP contribution in [0.4, 0.5) is 0 Å². The molecular weight excluding hydrogens is 297 g/mol. The van der Waals surface area contributed by atoms with Gasteiger partial charge in [0.2, 0.25) is 5.56 Å². The van der Waals surface area contributed by atoms with Gasteiger partial charge in [-0.2, -0.15) is 8.42 Å². The molecule has 0 aromatic carbocycles. The minimum absolute atomic E-state index is 0.0218. The van der Waals surface area contributed by atoms with Crippen LogP contribution in [0.15, 0.2) is 21.9 Å². The topological polar surface area (TPSA) is 100 Å². The van der Waals surface area contributed by atoms with Crippen molar-refractivity contribution in [1.29, 1.82) is 0 Å². The number of aromatic nitrogens is 3. The van der Waals surface area contributed by atoms with E-state index in [0.717, 1.165) is 12.5 Å². The Bertz CT molecular complexity index is 962. The summed E-state index contributed by atoms with van der Waals surface area (Å²) in [5.41, 5.74) is -0.172. The van der Waals surface area contributed by atoms with Crippen LogP contribution in [0.5, 0.6) is 0 Å². The maximum atomic E-state index is 12.2. The molecule has 2 radical (unpaired) electrons. The molecule has 1 atom stereocenters. The van der Waals surface area contributed by atoms with Crippen molar-refractivity contribution in [2.24, 2.45) is 0 Å². The molecule has 8 nitrogen and oxygen atoms in total. The van der Waals surface area contributed by atoms with Crippen LogP contribution in [0, 0.1) is 0 Å². The molecule has 108 valence electrons. The lowest BCUT2D eigenvalue weighted by molar-refractivity contribution is 0.254. The van der Waals surface area contributed by atoms with Crippen molar-refractivity contribution >= 4 is 34.6 Å². The lowest BCUT2D eigenvalue weighted by atomic mass is 9.98. The van der Waals surface area contributed by atoms with E-state index in [9.17, 15) is 18.0 Å². The average Bonchev–Trinajstić information content (AvgIpc) is 2.77. The van der Waals surface area contributed by atoms with Crippen molar-refractivity contribution in [2.45, 2.75) is 12.6 Å². The zero-order valence-corrected chi connectivity index (χ0v) is 11.8. The van der Waals surface area contributed by atoms with Gasteiger partial charge in [0.05, 0.1) is 31.6 Å². The normalized spacial score (nSPS) is 17.5. The highest BCUT2D eigenvalue weighted by molar-refractivity contribution is 7.85. The smallest absolute Gasteiger partial charge is 0.270 e. The fourth-order valence-corrected chi connectivity index (χ4v) is 2.84. The Morgan fingerprint density at radius 2 is 2.19 bits per heavy atom. The van der Waals surface area contributed by atoms with E-state index in [4.69, 9.17) is 12.0 Å². The zero-order valence-electron chi connectivity index (χ0n) is 11.0. The van der Waals surface area contributed by atoms with Crippen LogP contribution in [0.3, 0.4) is 0 Å². The van der Waals surface area contributed by atoms with Crippen molar-refractivity contribution in [1.82, 2.24) is 14.1 Å². The minimum atomic E-state index is -3.65. The van der Waals surface area contributed by atoms with E-state index < -0.39 is 21.7 Å². The fraction of sp³-hybridized carbons (Fsp3) is 0.364. The lowest BCUT2D eigenvalue weighted by Gasteiger charge is -2.13. The first-order chi connectivity index (χ1) is 9.78. The molecule has 0 saturated carbocycles. The maximum absolute atomic E-state index is 12.2. The first kappa shape index (κ1) is 14.0. The van der Waals surface area contributed by atoms with Crippen LogP contribution in [0.25, 0.3) is 11.2 Å². The second-order valence-corrected chi connectivity index (χ2v) is 6.48.